The standard InChI is InChI=1S/C10H6ClN3OS/c1-6-13-14-10(15-6)16-9-3-2-8(11)4-7(9)5-12/h2-4H,1H3. The third-order valence-electron chi connectivity index (χ3n) is 1.77. The molecule has 0 amide bonds. The van der Waals surface area contributed by atoms with E-state index in [0.717, 1.165) is 4.90 Å². The van der Waals surface area contributed by atoms with Crippen LogP contribution < -0.4 is 0 Å². The van der Waals surface area contributed by atoms with Gasteiger partial charge in [-0.2, -0.15) is 5.26 Å². The van der Waals surface area contributed by atoms with E-state index < -0.39 is 0 Å². The number of nitriles is 1. The molecule has 80 valence electrons. The second-order valence-corrected chi connectivity index (χ2v) is 4.37. The molecule has 2 aromatic rings. The maximum absolute atomic E-state index is 8.94. The lowest BCUT2D eigenvalue weighted by Gasteiger charge is -1.99. The van der Waals surface area contributed by atoms with Gasteiger partial charge in [-0.3, -0.25) is 0 Å². The quantitative estimate of drug-likeness (QED) is 0.821. The average molecular weight is 252 g/mol. The molecule has 16 heavy (non-hydrogen) atoms. The van der Waals surface area contributed by atoms with Gasteiger partial charge in [0.2, 0.25) is 5.89 Å². The number of benzene rings is 1. The third-order valence-corrected chi connectivity index (χ3v) is 2.92. The number of hydrogen-bond donors (Lipinski definition) is 0. The summed E-state index contributed by atoms with van der Waals surface area (Å²) in [6, 6.07) is 7.14. The van der Waals surface area contributed by atoms with Crippen molar-refractivity contribution in [2.24, 2.45) is 0 Å². The van der Waals surface area contributed by atoms with E-state index in [1.807, 2.05) is 0 Å². The molecule has 1 aromatic carbocycles. The first-order chi connectivity index (χ1) is 7.69. The van der Waals surface area contributed by atoms with E-state index in [0.29, 0.717) is 21.7 Å². The van der Waals surface area contributed by atoms with Gasteiger partial charge in [-0.25, -0.2) is 0 Å². The summed E-state index contributed by atoms with van der Waals surface area (Å²) in [5, 5.41) is 17.4. The highest BCUT2D eigenvalue weighted by Gasteiger charge is 2.09. The Hall–Kier alpha value is -1.51. The van der Waals surface area contributed by atoms with Crippen molar-refractivity contribution in [1.29, 1.82) is 5.26 Å². The molecule has 0 saturated carbocycles. The van der Waals surface area contributed by atoms with Crippen molar-refractivity contribution < 1.29 is 4.42 Å². The molecule has 1 aromatic heterocycles. The van der Waals surface area contributed by atoms with Crippen LogP contribution in [0.1, 0.15) is 11.5 Å². The lowest BCUT2D eigenvalue weighted by atomic mass is 10.2. The predicted molar refractivity (Wildman–Crippen MR) is 59.3 cm³/mol. The first-order valence-corrected chi connectivity index (χ1v) is 5.56. The maximum atomic E-state index is 8.94. The molecular weight excluding hydrogens is 246 g/mol. The summed E-state index contributed by atoms with van der Waals surface area (Å²) >= 11 is 7.04. The zero-order valence-electron chi connectivity index (χ0n) is 8.27. The third kappa shape index (κ3) is 2.35. The molecule has 6 heteroatoms. The van der Waals surface area contributed by atoms with Crippen LogP contribution >= 0.6 is 23.4 Å². The lowest BCUT2D eigenvalue weighted by Crippen LogP contribution is -1.81. The van der Waals surface area contributed by atoms with Crippen LogP contribution in [0.15, 0.2) is 32.7 Å². The van der Waals surface area contributed by atoms with Crippen molar-refractivity contribution >= 4 is 23.4 Å². The fraction of sp³-hybridized carbons (Fsp3) is 0.100. The SMILES string of the molecule is Cc1nnc(Sc2ccc(Cl)cc2C#N)o1. The van der Waals surface area contributed by atoms with Gasteiger partial charge in [0.05, 0.1) is 5.56 Å². The molecule has 0 radical (unpaired) electrons. The zero-order chi connectivity index (χ0) is 11.5. The van der Waals surface area contributed by atoms with E-state index in [1.54, 1.807) is 25.1 Å². The van der Waals surface area contributed by atoms with Gasteiger partial charge in [-0.1, -0.05) is 11.6 Å². The van der Waals surface area contributed by atoms with Crippen LogP contribution in [0.3, 0.4) is 0 Å². The van der Waals surface area contributed by atoms with Crippen LogP contribution in [-0.4, -0.2) is 10.2 Å². The van der Waals surface area contributed by atoms with Crippen LogP contribution in [0.4, 0.5) is 0 Å². The van der Waals surface area contributed by atoms with Crippen LogP contribution in [0.2, 0.25) is 5.02 Å². The topological polar surface area (TPSA) is 62.7 Å². The summed E-state index contributed by atoms with van der Waals surface area (Å²) in [7, 11) is 0. The summed E-state index contributed by atoms with van der Waals surface area (Å²) in [6.07, 6.45) is 0. The smallest absolute Gasteiger partial charge is 0.281 e. The number of nitrogens with zero attached hydrogens (tertiary/aromatic N) is 3. The maximum Gasteiger partial charge on any atom is 0.281 e. The van der Waals surface area contributed by atoms with E-state index in [-0.39, 0.29) is 0 Å². The number of aryl methyl sites for hydroxylation is 1. The van der Waals surface area contributed by atoms with Crippen LogP contribution in [0, 0.1) is 18.3 Å². The Kier molecular flexibility index (Phi) is 3.13. The fourth-order valence-corrected chi connectivity index (χ4v) is 2.05. The molecule has 4 nitrogen and oxygen atoms in total. The normalized spacial score (nSPS) is 10.1. The first kappa shape index (κ1) is 11.0. The van der Waals surface area contributed by atoms with Gasteiger partial charge in [0.15, 0.2) is 0 Å². The Balaban J connectivity index is 2.31. The monoisotopic (exact) mass is 251 g/mol. The van der Waals surface area contributed by atoms with E-state index in [4.69, 9.17) is 21.3 Å². The number of hydrogen-bond acceptors (Lipinski definition) is 5. The molecule has 0 N–H and O–H groups in total. The predicted octanol–water partition coefficient (Wildman–Crippen LogP) is 3.05. The Labute approximate surface area is 101 Å². The van der Waals surface area contributed by atoms with Crippen LogP contribution in [-0.2, 0) is 0 Å². The molecule has 0 spiro atoms. The van der Waals surface area contributed by atoms with E-state index in [9.17, 15) is 0 Å². The van der Waals surface area contributed by atoms with Crippen molar-refractivity contribution in [2.75, 3.05) is 0 Å². The molecule has 0 aliphatic carbocycles. The van der Waals surface area contributed by atoms with E-state index in [2.05, 4.69) is 16.3 Å². The number of halogens is 1. The second kappa shape index (κ2) is 4.56. The summed E-state index contributed by atoms with van der Waals surface area (Å²) < 4.78 is 5.22. The minimum Gasteiger partial charge on any atom is -0.416 e. The van der Waals surface area contributed by atoms with Crippen LogP contribution in [0.25, 0.3) is 0 Å². The van der Waals surface area contributed by atoms with Gasteiger partial charge in [-0.15, -0.1) is 10.2 Å². The lowest BCUT2D eigenvalue weighted by molar-refractivity contribution is 0.429. The van der Waals surface area contributed by atoms with Crippen molar-refractivity contribution in [2.45, 2.75) is 17.0 Å². The minimum absolute atomic E-state index is 0.413. The summed E-state index contributed by atoms with van der Waals surface area (Å²) in [4.78, 5) is 0.746. The Morgan fingerprint density at radius 3 is 2.88 bits per heavy atom. The number of rotatable bonds is 2. The second-order valence-electron chi connectivity index (χ2n) is 2.94. The van der Waals surface area contributed by atoms with Crippen molar-refractivity contribution in [3.63, 3.8) is 0 Å². The summed E-state index contributed by atoms with van der Waals surface area (Å²) in [5.41, 5.74) is 0.494. The van der Waals surface area contributed by atoms with Gasteiger partial charge in [-0.05, 0) is 30.0 Å². The van der Waals surface area contributed by atoms with Gasteiger partial charge in [0, 0.05) is 16.8 Å². The van der Waals surface area contributed by atoms with Crippen LogP contribution in [0.5, 0.6) is 0 Å². The fourth-order valence-electron chi connectivity index (χ4n) is 1.09. The molecular formula is C10H6ClN3OS. The molecule has 0 saturated heterocycles. The molecule has 0 aliphatic rings. The highest BCUT2D eigenvalue weighted by Crippen LogP contribution is 2.30. The molecule has 0 bridgehead atoms. The molecule has 1 heterocycles. The molecule has 0 fully saturated rings. The summed E-state index contributed by atoms with van der Waals surface area (Å²) in [6.45, 7) is 1.71. The molecule has 2 rings (SSSR count). The number of aromatic nitrogens is 2. The molecule has 0 aliphatic heterocycles. The highest BCUT2D eigenvalue weighted by atomic mass is 35.5. The zero-order valence-corrected chi connectivity index (χ0v) is 9.84. The molecule has 0 atom stereocenters. The highest BCUT2D eigenvalue weighted by molar-refractivity contribution is 7.99. The van der Waals surface area contributed by atoms with Gasteiger partial charge in [0.25, 0.3) is 5.22 Å². The Morgan fingerprint density at radius 2 is 2.25 bits per heavy atom. The largest absolute Gasteiger partial charge is 0.416 e. The van der Waals surface area contributed by atoms with Gasteiger partial charge in [0.1, 0.15) is 6.07 Å². The van der Waals surface area contributed by atoms with Crippen molar-refractivity contribution in [3.8, 4) is 6.07 Å². The first-order valence-electron chi connectivity index (χ1n) is 4.36. The Morgan fingerprint density at radius 1 is 1.44 bits per heavy atom. The van der Waals surface area contributed by atoms with Crippen molar-refractivity contribution in [3.05, 3.63) is 34.7 Å². The minimum atomic E-state index is 0.413. The van der Waals surface area contributed by atoms with Gasteiger partial charge >= 0.3 is 0 Å². The Bertz CT molecular complexity index is 561. The average Bonchev–Trinajstić information content (AvgIpc) is 2.67. The van der Waals surface area contributed by atoms with Gasteiger partial charge < -0.3 is 4.42 Å². The van der Waals surface area contributed by atoms with Crippen molar-refractivity contribution in [1.82, 2.24) is 10.2 Å². The van der Waals surface area contributed by atoms with E-state index in [1.165, 1.54) is 11.8 Å². The molecule has 0 unspecified atom stereocenters. The summed E-state index contributed by atoms with van der Waals surface area (Å²) in [5.74, 6) is 0.495. The van der Waals surface area contributed by atoms with E-state index >= 15 is 0 Å².